The van der Waals surface area contributed by atoms with E-state index in [2.05, 4.69) is 15.0 Å². The number of amides is 1. The Morgan fingerprint density at radius 1 is 1.16 bits per heavy atom. The van der Waals surface area contributed by atoms with Crippen LogP contribution in [0.3, 0.4) is 0 Å². The van der Waals surface area contributed by atoms with Crippen molar-refractivity contribution in [2.24, 2.45) is 0 Å². The first-order valence-corrected chi connectivity index (χ1v) is 11.7. The second kappa shape index (κ2) is 8.35. The van der Waals surface area contributed by atoms with Crippen molar-refractivity contribution in [2.75, 3.05) is 24.6 Å². The van der Waals surface area contributed by atoms with Gasteiger partial charge in [-0.15, -0.1) is 0 Å². The zero-order valence-corrected chi connectivity index (χ0v) is 18.1. The van der Waals surface area contributed by atoms with Crippen molar-refractivity contribution in [3.05, 3.63) is 60.4 Å². The lowest BCUT2D eigenvalue weighted by Gasteiger charge is -2.09. The molecule has 3 N–H and O–H groups in total. The van der Waals surface area contributed by atoms with Crippen molar-refractivity contribution in [2.45, 2.75) is 13.0 Å². The minimum Gasteiger partial charge on any atom is -0.497 e. The minimum absolute atomic E-state index is 0.114. The second-order valence-electron chi connectivity index (χ2n) is 7.38. The van der Waals surface area contributed by atoms with E-state index in [9.17, 15) is 13.2 Å². The molecule has 0 aliphatic rings. The van der Waals surface area contributed by atoms with Crippen LogP contribution in [-0.4, -0.2) is 43.8 Å². The maximum Gasteiger partial charge on any atom is 0.239 e. The SMILES string of the molecule is COc1ccc2[nH]cc(CCNC(=O)Cn3ccc4c(NS(C)(=O)=O)cccc43)c2c1. The van der Waals surface area contributed by atoms with Crippen LogP contribution in [0.5, 0.6) is 5.75 Å². The van der Waals surface area contributed by atoms with Gasteiger partial charge in [0.1, 0.15) is 12.3 Å². The molecule has 4 aromatic rings. The average Bonchev–Trinajstić information content (AvgIpc) is 3.31. The third kappa shape index (κ3) is 4.66. The van der Waals surface area contributed by atoms with Crippen LogP contribution in [0.4, 0.5) is 5.69 Å². The number of hydrogen-bond donors (Lipinski definition) is 3. The molecule has 31 heavy (non-hydrogen) atoms. The summed E-state index contributed by atoms with van der Waals surface area (Å²) in [6, 6.07) is 13.0. The number of rotatable bonds is 8. The fraction of sp³-hybridized carbons (Fsp3) is 0.227. The Labute approximate surface area is 180 Å². The third-order valence-corrected chi connectivity index (χ3v) is 5.70. The van der Waals surface area contributed by atoms with Gasteiger partial charge >= 0.3 is 0 Å². The van der Waals surface area contributed by atoms with E-state index in [1.807, 2.05) is 30.5 Å². The first-order chi connectivity index (χ1) is 14.8. The number of anilines is 1. The molecular formula is C22H24N4O4S. The lowest BCUT2D eigenvalue weighted by molar-refractivity contribution is -0.121. The van der Waals surface area contributed by atoms with Gasteiger partial charge in [0.15, 0.2) is 0 Å². The molecule has 0 unspecified atom stereocenters. The Bertz CT molecular complexity index is 1350. The quantitative estimate of drug-likeness (QED) is 0.392. The summed E-state index contributed by atoms with van der Waals surface area (Å²) in [4.78, 5) is 15.7. The highest BCUT2D eigenvalue weighted by atomic mass is 32.2. The van der Waals surface area contributed by atoms with Crippen LogP contribution in [-0.2, 0) is 27.8 Å². The van der Waals surface area contributed by atoms with Crippen molar-refractivity contribution in [1.29, 1.82) is 0 Å². The van der Waals surface area contributed by atoms with E-state index in [1.165, 1.54) is 0 Å². The number of nitrogens with one attached hydrogen (secondary N) is 3. The summed E-state index contributed by atoms with van der Waals surface area (Å²) in [6.45, 7) is 0.649. The lowest BCUT2D eigenvalue weighted by atomic mass is 10.1. The van der Waals surface area contributed by atoms with Crippen LogP contribution in [0.1, 0.15) is 5.56 Å². The molecule has 0 aliphatic carbocycles. The Hall–Kier alpha value is -3.46. The van der Waals surface area contributed by atoms with Gasteiger partial charge in [-0.2, -0.15) is 0 Å². The maximum atomic E-state index is 12.5. The maximum absolute atomic E-state index is 12.5. The fourth-order valence-electron chi connectivity index (χ4n) is 3.69. The Kier molecular flexibility index (Phi) is 5.60. The average molecular weight is 441 g/mol. The standard InChI is InChI=1S/C22H24N4O4S/c1-30-16-6-7-19-18(12-16)15(13-24-19)8-10-23-22(27)14-26-11-9-17-20(25-31(2,28)29)4-3-5-21(17)26/h3-7,9,11-13,24-25H,8,10,14H2,1-2H3,(H,23,27). The molecule has 0 spiro atoms. The zero-order valence-electron chi connectivity index (χ0n) is 17.3. The van der Waals surface area contributed by atoms with Gasteiger partial charge in [0, 0.05) is 35.2 Å². The Morgan fingerprint density at radius 3 is 2.77 bits per heavy atom. The smallest absolute Gasteiger partial charge is 0.239 e. The molecule has 0 atom stereocenters. The summed E-state index contributed by atoms with van der Waals surface area (Å²) in [6.07, 6.45) is 5.53. The topological polar surface area (TPSA) is 105 Å². The van der Waals surface area contributed by atoms with Gasteiger partial charge < -0.3 is 19.6 Å². The molecule has 0 bridgehead atoms. The molecule has 2 aromatic heterocycles. The molecule has 2 aromatic carbocycles. The van der Waals surface area contributed by atoms with Crippen molar-refractivity contribution in [1.82, 2.24) is 14.9 Å². The highest BCUT2D eigenvalue weighted by Gasteiger charge is 2.11. The van der Waals surface area contributed by atoms with Gasteiger partial charge in [0.25, 0.3) is 0 Å². The first kappa shape index (κ1) is 20.8. The van der Waals surface area contributed by atoms with Gasteiger partial charge in [0.2, 0.25) is 15.9 Å². The molecule has 2 heterocycles. The van der Waals surface area contributed by atoms with E-state index < -0.39 is 10.0 Å². The van der Waals surface area contributed by atoms with E-state index in [-0.39, 0.29) is 12.5 Å². The Morgan fingerprint density at radius 2 is 2.00 bits per heavy atom. The number of aromatic amines is 1. The van der Waals surface area contributed by atoms with Crippen LogP contribution < -0.4 is 14.8 Å². The predicted octanol–water partition coefficient (Wildman–Crippen LogP) is 2.86. The number of hydrogen-bond acceptors (Lipinski definition) is 4. The molecule has 162 valence electrons. The van der Waals surface area contributed by atoms with Crippen LogP contribution in [0.15, 0.2) is 54.9 Å². The van der Waals surface area contributed by atoms with E-state index in [4.69, 9.17) is 4.74 Å². The van der Waals surface area contributed by atoms with Gasteiger partial charge in [0.05, 0.1) is 24.6 Å². The van der Waals surface area contributed by atoms with E-state index >= 15 is 0 Å². The van der Waals surface area contributed by atoms with Crippen LogP contribution in [0.2, 0.25) is 0 Å². The number of carbonyl (C=O) groups is 1. The molecule has 4 rings (SSSR count). The first-order valence-electron chi connectivity index (χ1n) is 9.80. The molecule has 8 nitrogen and oxygen atoms in total. The summed E-state index contributed by atoms with van der Waals surface area (Å²) in [5, 5.41) is 4.78. The third-order valence-electron chi connectivity index (χ3n) is 5.11. The van der Waals surface area contributed by atoms with Crippen molar-refractivity contribution in [3.8, 4) is 5.75 Å². The predicted molar refractivity (Wildman–Crippen MR) is 122 cm³/mol. The number of aromatic nitrogens is 2. The molecule has 0 saturated heterocycles. The van der Waals surface area contributed by atoms with Gasteiger partial charge in [-0.1, -0.05) is 6.07 Å². The normalized spacial score (nSPS) is 11.7. The van der Waals surface area contributed by atoms with Gasteiger partial charge in [-0.25, -0.2) is 8.42 Å². The molecule has 0 aliphatic heterocycles. The summed E-state index contributed by atoms with van der Waals surface area (Å²) in [7, 11) is -1.75. The minimum atomic E-state index is -3.39. The molecule has 0 saturated carbocycles. The number of ether oxygens (including phenoxy) is 1. The van der Waals surface area contributed by atoms with E-state index in [1.54, 1.807) is 36.1 Å². The van der Waals surface area contributed by atoms with E-state index in [0.717, 1.165) is 39.4 Å². The monoisotopic (exact) mass is 440 g/mol. The van der Waals surface area contributed by atoms with Gasteiger partial charge in [-0.3, -0.25) is 9.52 Å². The molecule has 0 fully saturated rings. The number of carbonyl (C=O) groups excluding carboxylic acids is 1. The van der Waals surface area contributed by atoms with E-state index in [0.29, 0.717) is 18.7 Å². The highest BCUT2D eigenvalue weighted by Crippen LogP contribution is 2.26. The number of H-pyrrole nitrogens is 1. The zero-order chi connectivity index (χ0) is 22.0. The van der Waals surface area contributed by atoms with Crippen molar-refractivity contribution in [3.63, 3.8) is 0 Å². The summed E-state index contributed by atoms with van der Waals surface area (Å²) < 4.78 is 32.7. The Balaban J connectivity index is 1.40. The largest absolute Gasteiger partial charge is 0.497 e. The fourth-order valence-corrected chi connectivity index (χ4v) is 4.27. The van der Waals surface area contributed by atoms with Crippen molar-refractivity contribution >= 4 is 43.4 Å². The number of nitrogens with zero attached hydrogens (tertiary/aromatic N) is 1. The second-order valence-corrected chi connectivity index (χ2v) is 9.13. The van der Waals surface area contributed by atoms with Crippen molar-refractivity contribution < 1.29 is 17.9 Å². The summed E-state index contributed by atoms with van der Waals surface area (Å²) in [5.41, 5.74) is 3.41. The lowest BCUT2D eigenvalue weighted by Crippen LogP contribution is -2.29. The number of methoxy groups -OCH3 is 1. The summed E-state index contributed by atoms with van der Waals surface area (Å²) >= 11 is 0. The number of benzene rings is 2. The number of sulfonamides is 1. The molecule has 0 radical (unpaired) electrons. The van der Waals surface area contributed by atoms with Gasteiger partial charge in [-0.05, 0) is 48.4 Å². The van der Waals surface area contributed by atoms with Crippen LogP contribution in [0.25, 0.3) is 21.8 Å². The molecule has 1 amide bonds. The molecule has 9 heteroatoms. The number of fused-ring (bicyclic) bond motifs is 2. The van der Waals surface area contributed by atoms with Crippen LogP contribution >= 0.6 is 0 Å². The summed E-state index contributed by atoms with van der Waals surface area (Å²) in [5.74, 6) is 0.679. The molecular weight excluding hydrogens is 416 g/mol. The highest BCUT2D eigenvalue weighted by molar-refractivity contribution is 7.92. The van der Waals surface area contributed by atoms with Crippen LogP contribution in [0, 0.1) is 0 Å².